The molecule has 0 saturated heterocycles. The van der Waals surface area contributed by atoms with Gasteiger partial charge in [-0.3, -0.25) is 14.6 Å². The maximum atomic E-state index is 12.1. The summed E-state index contributed by atoms with van der Waals surface area (Å²) in [4.78, 5) is 12.1. The quantitative estimate of drug-likeness (QED) is 0.777. The van der Waals surface area contributed by atoms with Gasteiger partial charge in [0.2, 0.25) is 0 Å². The van der Waals surface area contributed by atoms with Crippen LogP contribution in [0.15, 0.2) is 42.7 Å². The standard InChI is InChI=1S/C15H14ClN5O/c1-10-6-14(20-19-10)18-15(22)12-7-17-21(9-12)8-11-4-2-3-5-13(11)16/h2-7,9H,8H2,1H3,(H2,18,19,20,22). The number of aromatic amines is 1. The van der Waals surface area contributed by atoms with Gasteiger partial charge >= 0.3 is 0 Å². The molecule has 0 atom stereocenters. The van der Waals surface area contributed by atoms with Crippen molar-refractivity contribution in [3.8, 4) is 0 Å². The molecule has 2 heterocycles. The van der Waals surface area contributed by atoms with Crippen LogP contribution in [0, 0.1) is 6.92 Å². The van der Waals surface area contributed by atoms with Gasteiger partial charge in [0, 0.05) is 23.0 Å². The summed E-state index contributed by atoms with van der Waals surface area (Å²) in [6.45, 7) is 2.37. The van der Waals surface area contributed by atoms with Crippen molar-refractivity contribution in [3.63, 3.8) is 0 Å². The van der Waals surface area contributed by atoms with Gasteiger partial charge in [-0.1, -0.05) is 29.8 Å². The number of hydrogen-bond acceptors (Lipinski definition) is 3. The van der Waals surface area contributed by atoms with Gasteiger partial charge < -0.3 is 5.32 Å². The van der Waals surface area contributed by atoms with Gasteiger partial charge in [-0.15, -0.1) is 0 Å². The second kappa shape index (κ2) is 6.03. The molecule has 0 aliphatic carbocycles. The van der Waals surface area contributed by atoms with Crippen LogP contribution >= 0.6 is 11.6 Å². The van der Waals surface area contributed by atoms with Crippen molar-refractivity contribution in [1.29, 1.82) is 0 Å². The number of aromatic nitrogens is 4. The Bertz CT molecular complexity index is 808. The molecule has 1 aromatic carbocycles. The number of amides is 1. The summed E-state index contributed by atoms with van der Waals surface area (Å²) in [5, 5.41) is 14.3. The average Bonchev–Trinajstić information content (AvgIpc) is 3.11. The number of rotatable bonds is 4. The molecule has 0 unspecified atom stereocenters. The molecule has 0 radical (unpaired) electrons. The zero-order chi connectivity index (χ0) is 15.5. The largest absolute Gasteiger partial charge is 0.305 e. The molecule has 1 amide bonds. The van der Waals surface area contributed by atoms with Crippen molar-refractivity contribution < 1.29 is 4.79 Å². The molecule has 22 heavy (non-hydrogen) atoms. The van der Waals surface area contributed by atoms with Gasteiger partial charge in [0.1, 0.15) is 0 Å². The maximum Gasteiger partial charge on any atom is 0.260 e. The smallest absolute Gasteiger partial charge is 0.260 e. The van der Waals surface area contributed by atoms with E-state index in [-0.39, 0.29) is 5.91 Å². The Morgan fingerprint density at radius 1 is 1.41 bits per heavy atom. The second-order valence-corrected chi connectivity index (χ2v) is 5.32. The minimum atomic E-state index is -0.253. The van der Waals surface area contributed by atoms with E-state index in [4.69, 9.17) is 11.6 Å². The molecule has 3 rings (SSSR count). The fourth-order valence-corrected chi connectivity index (χ4v) is 2.23. The number of halogens is 1. The molecule has 3 aromatic rings. The molecular formula is C15H14ClN5O. The average molecular weight is 316 g/mol. The number of benzene rings is 1. The lowest BCUT2D eigenvalue weighted by molar-refractivity contribution is 0.102. The monoisotopic (exact) mass is 315 g/mol. The zero-order valence-corrected chi connectivity index (χ0v) is 12.6. The molecule has 0 saturated carbocycles. The maximum absolute atomic E-state index is 12.1. The van der Waals surface area contributed by atoms with Crippen LogP contribution in [0.4, 0.5) is 5.82 Å². The van der Waals surface area contributed by atoms with E-state index in [0.717, 1.165) is 11.3 Å². The van der Waals surface area contributed by atoms with E-state index < -0.39 is 0 Å². The molecule has 0 aliphatic rings. The third kappa shape index (κ3) is 3.17. The lowest BCUT2D eigenvalue weighted by Crippen LogP contribution is -2.11. The third-order valence-corrected chi connectivity index (χ3v) is 3.50. The van der Waals surface area contributed by atoms with E-state index in [0.29, 0.717) is 22.9 Å². The highest BCUT2D eigenvalue weighted by atomic mass is 35.5. The summed E-state index contributed by atoms with van der Waals surface area (Å²) in [6.07, 6.45) is 3.20. The highest BCUT2D eigenvalue weighted by Gasteiger charge is 2.11. The van der Waals surface area contributed by atoms with Crippen molar-refractivity contribution in [3.05, 3.63) is 64.6 Å². The Labute approximate surface area is 132 Å². The van der Waals surface area contributed by atoms with Gasteiger partial charge in [-0.05, 0) is 18.6 Å². The predicted molar refractivity (Wildman–Crippen MR) is 84.1 cm³/mol. The Balaban J connectivity index is 1.70. The van der Waals surface area contributed by atoms with E-state index in [9.17, 15) is 4.79 Å². The van der Waals surface area contributed by atoms with E-state index in [2.05, 4.69) is 20.6 Å². The molecular weight excluding hydrogens is 302 g/mol. The number of nitrogens with one attached hydrogen (secondary N) is 2. The minimum absolute atomic E-state index is 0.253. The highest BCUT2D eigenvalue weighted by Crippen LogP contribution is 2.16. The zero-order valence-electron chi connectivity index (χ0n) is 11.9. The lowest BCUT2D eigenvalue weighted by atomic mass is 10.2. The van der Waals surface area contributed by atoms with Crippen LogP contribution in [0.3, 0.4) is 0 Å². The molecule has 6 nitrogen and oxygen atoms in total. The minimum Gasteiger partial charge on any atom is -0.305 e. The van der Waals surface area contributed by atoms with Crippen molar-refractivity contribution in [2.75, 3.05) is 5.32 Å². The fourth-order valence-electron chi connectivity index (χ4n) is 2.04. The molecule has 0 spiro atoms. The van der Waals surface area contributed by atoms with Crippen molar-refractivity contribution in [2.45, 2.75) is 13.5 Å². The van der Waals surface area contributed by atoms with Crippen LogP contribution in [0.5, 0.6) is 0 Å². The van der Waals surface area contributed by atoms with Crippen molar-refractivity contribution >= 4 is 23.3 Å². The Morgan fingerprint density at radius 2 is 2.23 bits per heavy atom. The van der Waals surface area contributed by atoms with Gasteiger partial charge in [0.25, 0.3) is 5.91 Å². The molecule has 112 valence electrons. The molecule has 0 fully saturated rings. The first-order valence-corrected chi connectivity index (χ1v) is 7.09. The van der Waals surface area contributed by atoms with Crippen molar-refractivity contribution in [1.82, 2.24) is 20.0 Å². The van der Waals surface area contributed by atoms with E-state index >= 15 is 0 Å². The number of anilines is 1. The summed E-state index contributed by atoms with van der Waals surface area (Å²) < 4.78 is 1.67. The number of nitrogens with zero attached hydrogens (tertiary/aromatic N) is 3. The van der Waals surface area contributed by atoms with Crippen LogP contribution in [-0.4, -0.2) is 25.9 Å². The molecule has 0 aliphatic heterocycles. The van der Waals surface area contributed by atoms with Crippen LogP contribution in [0.1, 0.15) is 21.6 Å². The molecule has 2 aromatic heterocycles. The van der Waals surface area contributed by atoms with E-state index in [1.54, 1.807) is 16.9 Å². The first-order chi connectivity index (χ1) is 10.6. The van der Waals surface area contributed by atoms with Crippen LogP contribution < -0.4 is 5.32 Å². The van der Waals surface area contributed by atoms with E-state index in [1.807, 2.05) is 31.2 Å². The molecule has 7 heteroatoms. The number of H-pyrrole nitrogens is 1. The van der Waals surface area contributed by atoms with Crippen LogP contribution in [-0.2, 0) is 6.54 Å². The Kier molecular flexibility index (Phi) is 3.93. The SMILES string of the molecule is Cc1cc(NC(=O)c2cnn(Cc3ccccc3Cl)c2)n[nH]1. The summed E-state index contributed by atoms with van der Waals surface area (Å²) in [5.41, 5.74) is 2.29. The topological polar surface area (TPSA) is 75.6 Å². The molecule has 2 N–H and O–H groups in total. The van der Waals surface area contributed by atoms with Crippen LogP contribution in [0.25, 0.3) is 0 Å². The van der Waals surface area contributed by atoms with Gasteiger partial charge in [0.15, 0.2) is 5.82 Å². The summed E-state index contributed by atoms with van der Waals surface area (Å²) in [6, 6.07) is 9.30. The Morgan fingerprint density at radius 3 is 2.95 bits per heavy atom. The lowest BCUT2D eigenvalue weighted by Gasteiger charge is -2.03. The van der Waals surface area contributed by atoms with Crippen molar-refractivity contribution in [2.24, 2.45) is 0 Å². The van der Waals surface area contributed by atoms with E-state index in [1.165, 1.54) is 6.20 Å². The fraction of sp³-hybridized carbons (Fsp3) is 0.133. The first-order valence-electron chi connectivity index (χ1n) is 6.71. The third-order valence-electron chi connectivity index (χ3n) is 3.13. The summed E-state index contributed by atoms with van der Waals surface area (Å²) in [5.74, 6) is 0.235. The normalized spacial score (nSPS) is 10.6. The summed E-state index contributed by atoms with van der Waals surface area (Å²) in [7, 11) is 0. The van der Waals surface area contributed by atoms with Gasteiger partial charge in [-0.25, -0.2) is 0 Å². The van der Waals surface area contributed by atoms with Gasteiger partial charge in [-0.2, -0.15) is 10.2 Å². The van der Waals surface area contributed by atoms with Crippen LogP contribution in [0.2, 0.25) is 5.02 Å². The number of hydrogen-bond donors (Lipinski definition) is 2. The Hall–Kier alpha value is -2.60. The number of carbonyl (C=O) groups is 1. The first kappa shape index (κ1) is 14.3. The van der Waals surface area contributed by atoms with Gasteiger partial charge in [0.05, 0.1) is 18.3 Å². The number of carbonyl (C=O) groups excluding carboxylic acids is 1. The summed E-state index contributed by atoms with van der Waals surface area (Å²) >= 11 is 6.12. The predicted octanol–water partition coefficient (Wildman–Crippen LogP) is 2.87. The highest BCUT2D eigenvalue weighted by molar-refractivity contribution is 6.31. The molecule has 0 bridgehead atoms. The number of aryl methyl sites for hydroxylation is 1. The second-order valence-electron chi connectivity index (χ2n) is 4.91.